The lowest BCUT2D eigenvalue weighted by Crippen LogP contribution is -2.56. The van der Waals surface area contributed by atoms with E-state index in [4.69, 9.17) is 0 Å². The summed E-state index contributed by atoms with van der Waals surface area (Å²) in [4.78, 5) is 41.4. The number of nitrogens with one attached hydrogen (secondary N) is 2. The number of nitrogens with zero attached hydrogens (tertiary/aromatic N) is 1. The molecule has 3 amide bonds. The molecule has 3 N–H and O–H groups in total. The van der Waals surface area contributed by atoms with Crippen LogP contribution in [0.2, 0.25) is 0 Å². The number of rotatable bonds is 9. The van der Waals surface area contributed by atoms with Crippen molar-refractivity contribution in [3.63, 3.8) is 0 Å². The summed E-state index contributed by atoms with van der Waals surface area (Å²) in [7, 11) is 0. The molecule has 164 valence electrons. The summed E-state index contributed by atoms with van der Waals surface area (Å²) in [5, 5.41) is 15.7. The smallest absolute Gasteiger partial charge is 0.244 e. The third-order valence-electron chi connectivity index (χ3n) is 6.40. The number of aliphatic hydroxyl groups excluding tert-OH is 1. The van der Waals surface area contributed by atoms with Crippen LogP contribution in [-0.4, -0.2) is 74.3 Å². The van der Waals surface area contributed by atoms with Crippen LogP contribution in [0.25, 0.3) is 0 Å². The average molecular weight is 490 g/mol. The summed E-state index contributed by atoms with van der Waals surface area (Å²) in [5.41, 5.74) is 0. The predicted octanol–water partition coefficient (Wildman–Crippen LogP) is 1.27. The van der Waals surface area contributed by atoms with Gasteiger partial charge in [-0.1, -0.05) is 36.2 Å². The fraction of sp³-hybridized carbons (Fsp3) is 0.850. The first kappa shape index (κ1) is 22.9. The standard InChI is InChI=1S/C20H32BrN3O4S/c1-4-6-8-23-18(27)16-20-9-12(21)15(29-20)13(17(26)22-7-5-2)14(20)19(28)24(16)11(3)10-25/h11-16,25H,4-10H2,1-3H3,(H,22,26)(H,23,27)/t11-,12?,13+,14+,15+,16?,20?/m1/s1. The van der Waals surface area contributed by atoms with E-state index in [1.54, 1.807) is 23.6 Å². The molecule has 3 rings (SSSR count). The molecule has 3 aliphatic heterocycles. The third-order valence-corrected chi connectivity index (χ3v) is 9.62. The van der Waals surface area contributed by atoms with Gasteiger partial charge in [0.05, 0.1) is 29.2 Å². The highest BCUT2D eigenvalue weighted by molar-refractivity contribution is 9.09. The number of amides is 3. The Kier molecular flexibility index (Phi) is 7.21. The monoisotopic (exact) mass is 489 g/mol. The number of unbranched alkanes of at least 4 members (excludes halogenated alkanes) is 1. The number of aliphatic hydroxyl groups is 1. The van der Waals surface area contributed by atoms with E-state index in [-0.39, 0.29) is 34.4 Å². The molecule has 3 saturated heterocycles. The van der Waals surface area contributed by atoms with Gasteiger partial charge in [0.25, 0.3) is 0 Å². The molecule has 0 aromatic carbocycles. The van der Waals surface area contributed by atoms with Crippen molar-refractivity contribution in [3.8, 4) is 0 Å². The van der Waals surface area contributed by atoms with E-state index in [0.29, 0.717) is 19.5 Å². The number of hydrogen-bond donors (Lipinski definition) is 3. The molecule has 0 aliphatic carbocycles. The number of likely N-dealkylation sites (tertiary alicyclic amines) is 1. The second kappa shape index (κ2) is 9.14. The topological polar surface area (TPSA) is 98.7 Å². The van der Waals surface area contributed by atoms with Gasteiger partial charge in [0, 0.05) is 23.2 Å². The zero-order valence-electron chi connectivity index (χ0n) is 17.3. The summed E-state index contributed by atoms with van der Waals surface area (Å²) in [6, 6.07) is -1.14. The Hall–Kier alpha value is -0.800. The predicted molar refractivity (Wildman–Crippen MR) is 117 cm³/mol. The van der Waals surface area contributed by atoms with Gasteiger partial charge in [0.2, 0.25) is 17.7 Å². The Morgan fingerprint density at radius 3 is 2.59 bits per heavy atom. The maximum absolute atomic E-state index is 13.5. The summed E-state index contributed by atoms with van der Waals surface area (Å²) in [6.45, 7) is 6.73. The van der Waals surface area contributed by atoms with Crippen molar-refractivity contribution in [1.29, 1.82) is 0 Å². The van der Waals surface area contributed by atoms with Crippen LogP contribution in [-0.2, 0) is 14.4 Å². The van der Waals surface area contributed by atoms with E-state index in [1.807, 2.05) is 6.92 Å². The minimum Gasteiger partial charge on any atom is -0.394 e. The van der Waals surface area contributed by atoms with Crippen LogP contribution in [0.1, 0.15) is 46.5 Å². The number of thioether (sulfide) groups is 1. The molecule has 3 heterocycles. The first-order valence-electron chi connectivity index (χ1n) is 10.6. The zero-order chi connectivity index (χ0) is 21.3. The van der Waals surface area contributed by atoms with Crippen molar-refractivity contribution < 1.29 is 19.5 Å². The number of alkyl halides is 1. The van der Waals surface area contributed by atoms with Gasteiger partial charge in [-0.3, -0.25) is 14.4 Å². The van der Waals surface area contributed by atoms with Crippen LogP contribution in [0.4, 0.5) is 0 Å². The van der Waals surface area contributed by atoms with Crippen LogP contribution in [0.15, 0.2) is 0 Å². The van der Waals surface area contributed by atoms with Crippen molar-refractivity contribution in [2.75, 3.05) is 19.7 Å². The summed E-state index contributed by atoms with van der Waals surface area (Å²) < 4.78 is -0.635. The molecule has 3 fully saturated rings. The Balaban J connectivity index is 1.97. The van der Waals surface area contributed by atoms with Gasteiger partial charge in [-0.05, 0) is 26.2 Å². The Bertz CT molecular complexity index is 666. The number of carbonyl (C=O) groups is 3. The third kappa shape index (κ3) is 3.71. The zero-order valence-corrected chi connectivity index (χ0v) is 19.7. The van der Waals surface area contributed by atoms with E-state index in [1.165, 1.54) is 0 Å². The second-order valence-corrected chi connectivity index (χ2v) is 11.1. The Labute approximate surface area is 185 Å². The normalized spacial score (nSPS) is 36.2. The summed E-state index contributed by atoms with van der Waals surface area (Å²) in [5.74, 6) is -1.43. The molecular weight excluding hydrogens is 458 g/mol. The van der Waals surface area contributed by atoms with Crippen molar-refractivity contribution in [3.05, 3.63) is 0 Å². The molecule has 2 bridgehead atoms. The first-order valence-corrected chi connectivity index (χ1v) is 12.4. The molecule has 3 aliphatic rings. The van der Waals surface area contributed by atoms with Gasteiger partial charge < -0.3 is 20.6 Å². The molecule has 0 radical (unpaired) electrons. The Morgan fingerprint density at radius 1 is 1.28 bits per heavy atom. The SMILES string of the molecule is CCCCNC(=O)C1N([C@H](C)CO)C(=O)[C@@H]2[C@H](C(=O)NCCC)[C@H]3SC12CC3Br. The maximum Gasteiger partial charge on any atom is 0.244 e. The molecule has 0 saturated carbocycles. The highest BCUT2D eigenvalue weighted by Gasteiger charge is 2.75. The van der Waals surface area contributed by atoms with Gasteiger partial charge in [0.15, 0.2) is 0 Å². The highest BCUT2D eigenvalue weighted by atomic mass is 79.9. The minimum atomic E-state index is -0.668. The molecule has 9 heteroatoms. The molecule has 29 heavy (non-hydrogen) atoms. The molecular formula is C20H32BrN3O4S. The molecule has 3 unspecified atom stereocenters. The maximum atomic E-state index is 13.5. The van der Waals surface area contributed by atoms with Crippen molar-refractivity contribution in [2.45, 2.75) is 73.4 Å². The molecule has 7 nitrogen and oxygen atoms in total. The lowest BCUT2D eigenvalue weighted by molar-refractivity contribution is -0.142. The first-order chi connectivity index (χ1) is 13.8. The highest BCUT2D eigenvalue weighted by Crippen LogP contribution is 2.67. The number of carbonyl (C=O) groups excluding carboxylic acids is 3. The molecule has 0 aromatic rings. The lowest BCUT2D eigenvalue weighted by Gasteiger charge is -2.36. The van der Waals surface area contributed by atoms with Gasteiger partial charge in [-0.15, -0.1) is 11.8 Å². The number of hydrogen-bond acceptors (Lipinski definition) is 5. The van der Waals surface area contributed by atoms with Crippen molar-refractivity contribution in [1.82, 2.24) is 15.5 Å². The molecule has 0 aromatic heterocycles. The van der Waals surface area contributed by atoms with E-state index in [2.05, 4.69) is 33.5 Å². The van der Waals surface area contributed by atoms with Crippen LogP contribution in [0, 0.1) is 11.8 Å². The summed E-state index contributed by atoms with van der Waals surface area (Å²) >= 11 is 5.35. The number of halogens is 1. The Morgan fingerprint density at radius 2 is 1.97 bits per heavy atom. The van der Waals surface area contributed by atoms with Crippen molar-refractivity contribution >= 4 is 45.4 Å². The second-order valence-electron chi connectivity index (χ2n) is 8.38. The van der Waals surface area contributed by atoms with Crippen LogP contribution in [0.5, 0.6) is 0 Å². The lowest BCUT2D eigenvalue weighted by atomic mass is 9.70. The minimum absolute atomic E-state index is 0.0293. The average Bonchev–Trinajstić information content (AvgIpc) is 3.29. The van der Waals surface area contributed by atoms with E-state index >= 15 is 0 Å². The van der Waals surface area contributed by atoms with E-state index in [9.17, 15) is 19.5 Å². The van der Waals surface area contributed by atoms with Crippen molar-refractivity contribution in [2.24, 2.45) is 11.8 Å². The quantitative estimate of drug-likeness (QED) is 0.334. The van der Waals surface area contributed by atoms with E-state index in [0.717, 1.165) is 19.3 Å². The van der Waals surface area contributed by atoms with Gasteiger partial charge in [0.1, 0.15) is 6.04 Å². The summed E-state index contributed by atoms with van der Waals surface area (Å²) in [6.07, 6.45) is 3.33. The number of fused-ring (bicyclic) bond motifs is 1. The van der Waals surface area contributed by atoms with Crippen LogP contribution < -0.4 is 10.6 Å². The fourth-order valence-electron chi connectivity index (χ4n) is 5.08. The largest absolute Gasteiger partial charge is 0.394 e. The molecule has 1 spiro atoms. The van der Waals surface area contributed by atoms with Gasteiger partial charge in [-0.25, -0.2) is 0 Å². The fourth-order valence-corrected chi connectivity index (χ4v) is 8.68. The van der Waals surface area contributed by atoms with Crippen LogP contribution in [0.3, 0.4) is 0 Å². The van der Waals surface area contributed by atoms with Gasteiger partial charge in [-0.2, -0.15) is 0 Å². The van der Waals surface area contributed by atoms with Crippen LogP contribution >= 0.6 is 27.7 Å². The van der Waals surface area contributed by atoms with Gasteiger partial charge >= 0.3 is 0 Å². The molecule has 7 atom stereocenters. The van der Waals surface area contributed by atoms with E-state index < -0.39 is 28.7 Å².